The van der Waals surface area contributed by atoms with Crippen molar-refractivity contribution in [1.82, 2.24) is 0 Å². The summed E-state index contributed by atoms with van der Waals surface area (Å²) in [7, 11) is 0. The first-order valence-electron chi connectivity index (χ1n) is 4.66. The fourth-order valence-corrected chi connectivity index (χ4v) is 1.91. The number of ketones is 1. The standard InChI is InChI=1S/C11H10F3IO/c1-7-3-2-4-8(10(7)15)9(16)5-6-11(12,13)14/h2-4H,5-6H2,1H3. The highest BCUT2D eigenvalue weighted by Crippen LogP contribution is 2.24. The lowest BCUT2D eigenvalue weighted by atomic mass is 10.0. The zero-order valence-electron chi connectivity index (χ0n) is 8.57. The summed E-state index contributed by atoms with van der Waals surface area (Å²) in [5.74, 6) is -0.453. The lowest BCUT2D eigenvalue weighted by Crippen LogP contribution is -2.11. The van der Waals surface area contributed by atoms with Gasteiger partial charge in [-0.15, -0.1) is 0 Å². The van der Waals surface area contributed by atoms with Gasteiger partial charge in [-0.25, -0.2) is 0 Å². The zero-order valence-corrected chi connectivity index (χ0v) is 10.7. The van der Waals surface area contributed by atoms with Gasteiger partial charge in [-0.3, -0.25) is 4.79 Å². The van der Waals surface area contributed by atoms with Gasteiger partial charge in [0, 0.05) is 15.6 Å². The molecule has 0 bridgehead atoms. The van der Waals surface area contributed by atoms with E-state index in [1.54, 1.807) is 12.1 Å². The van der Waals surface area contributed by atoms with Crippen LogP contribution < -0.4 is 0 Å². The predicted molar refractivity (Wildman–Crippen MR) is 63.5 cm³/mol. The summed E-state index contributed by atoms with van der Waals surface area (Å²) in [6, 6.07) is 5.06. The number of hydrogen-bond donors (Lipinski definition) is 0. The molecule has 0 saturated heterocycles. The highest BCUT2D eigenvalue weighted by Gasteiger charge is 2.28. The van der Waals surface area contributed by atoms with Crippen LogP contribution in [0.1, 0.15) is 28.8 Å². The number of benzene rings is 1. The quantitative estimate of drug-likeness (QED) is 0.597. The Bertz CT molecular complexity index is 399. The van der Waals surface area contributed by atoms with Crippen LogP contribution >= 0.6 is 22.6 Å². The highest BCUT2D eigenvalue weighted by atomic mass is 127. The lowest BCUT2D eigenvalue weighted by molar-refractivity contribution is -0.133. The van der Waals surface area contributed by atoms with E-state index in [-0.39, 0.29) is 0 Å². The minimum Gasteiger partial charge on any atom is -0.294 e. The first-order chi connectivity index (χ1) is 7.31. The molecular formula is C11H10F3IO. The number of carbonyl (C=O) groups excluding carboxylic acids is 1. The minimum absolute atomic E-state index is 0.379. The third-order valence-corrected chi connectivity index (χ3v) is 3.56. The van der Waals surface area contributed by atoms with Crippen LogP contribution in [0.4, 0.5) is 13.2 Å². The van der Waals surface area contributed by atoms with Crippen molar-refractivity contribution in [3.63, 3.8) is 0 Å². The molecule has 0 saturated carbocycles. The molecule has 0 N–H and O–H groups in total. The van der Waals surface area contributed by atoms with E-state index in [1.807, 2.05) is 35.6 Å². The Kier molecular flexibility index (Phi) is 4.35. The van der Waals surface area contributed by atoms with Gasteiger partial charge in [-0.05, 0) is 35.1 Å². The Morgan fingerprint density at radius 3 is 2.56 bits per heavy atom. The molecule has 1 aromatic rings. The SMILES string of the molecule is Cc1cccc(C(=O)CCC(F)(F)F)c1I. The maximum absolute atomic E-state index is 12.0. The number of Topliss-reactive ketones (excluding diaryl/α,β-unsaturated/α-hetero) is 1. The van der Waals surface area contributed by atoms with E-state index in [1.165, 1.54) is 0 Å². The molecule has 0 amide bonds. The Morgan fingerprint density at radius 1 is 1.38 bits per heavy atom. The summed E-state index contributed by atoms with van der Waals surface area (Å²) < 4.78 is 36.6. The summed E-state index contributed by atoms with van der Waals surface area (Å²) in [6.07, 6.45) is -5.82. The first-order valence-corrected chi connectivity index (χ1v) is 5.74. The molecule has 5 heteroatoms. The fourth-order valence-electron chi connectivity index (χ4n) is 1.25. The Hall–Kier alpha value is -0.590. The molecular weight excluding hydrogens is 332 g/mol. The van der Waals surface area contributed by atoms with Crippen molar-refractivity contribution in [3.8, 4) is 0 Å². The molecule has 1 nitrogen and oxygen atoms in total. The van der Waals surface area contributed by atoms with Crippen LogP contribution in [0, 0.1) is 10.5 Å². The van der Waals surface area contributed by atoms with Crippen molar-refractivity contribution in [3.05, 3.63) is 32.9 Å². The predicted octanol–water partition coefficient (Wildman–Crippen LogP) is 4.12. The van der Waals surface area contributed by atoms with Gasteiger partial charge in [-0.1, -0.05) is 18.2 Å². The van der Waals surface area contributed by atoms with Crippen molar-refractivity contribution in [1.29, 1.82) is 0 Å². The normalized spacial score (nSPS) is 11.6. The Balaban J connectivity index is 2.78. The summed E-state index contributed by atoms with van der Waals surface area (Å²) in [6.45, 7) is 1.82. The number of aryl methyl sites for hydroxylation is 1. The van der Waals surface area contributed by atoms with E-state index in [9.17, 15) is 18.0 Å². The van der Waals surface area contributed by atoms with Crippen molar-refractivity contribution in [2.75, 3.05) is 0 Å². The van der Waals surface area contributed by atoms with Gasteiger partial charge in [0.05, 0.1) is 6.42 Å². The molecule has 0 spiro atoms. The van der Waals surface area contributed by atoms with E-state index in [4.69, 9.17) is 0 Å². The topological polar surface area (TPSA) is 17.1 Å². The molecule has 0 heterocycles. The van der Waals surface area contributed by atoms with Gasteiger partial charge in [0.15, 0.2) is 5.78 Å². The molecule has 1 aromatic carbocycles. The second-order valence-corrected chi connectivity index (χ2v) is 4.55. The average Bonchev–Trinajstić information content (AvgIpc) is 2.17. The molecule has 16 heavy (non-hydrogen) atoms. The number of carbonyl (C=O) groups is 1. The zero-order chi connectivity index (χ0) is 12.3. The van der Waals surface area contributed by atoms with Gasteiger partial charge >= 0.3 is 6.18 Å². The van der Waals surface area contributed by atoms with Gasteiger partial charge in [-0.2, -0.15) is 13.2 Å². The van der Waals surface area contributed by atoms with E-state index >= 15 is 0 Å². The number of halogens is 4. The monoisotopic (exact) mass is 342 g/mol. The third kappa shape index (κ3) is 3.77. The van der Waals surface area contributed by atoms with E-state index in [0.717, 1.165) is 9.13 Å². The largest absolute Gasteiger partial charge is 0.389 e. The molecule has 0 radical (unpaired) electrons. The Labute approximate surface area is 105 Å². The summed E-state index contributed by atoms with van der Waals surface area (Å²) >= 11 is 1.98. The number of alkyl halides is 3. The molecule has 0 aliphatic heterocycles. The maximum atomic E-state index is 12.0. The molecule has 0 atom stereocenters. The molecule has 0 aliphatic carbocycles. The maximum Gasteiger partial charge on any atom is 0.389 e. The molecule has 88 valence electrons. The molecule has 0 aliphatic rings. The van der Waals surface area contributed by atoms with Gasteiger partial charge in [0.1, 0.15) is 0 Å². The van der Waals surface area contributed by atoms with Crippen LogP contribution in [0.3, 0.4) is 0 Å². The minimum atomic E-state index is -4.27. The second-order valence-electron chi connectivity index (χ2n) is 3.47. The summed E-state index contributed by atoms with van der Waals surface area (Å²) in [4.78, 5) is 11.6. The fraction of sp³-hybridized carbons (Fsp3) is 0.364. The van der Waals surface area contributed by atoms with Crippen molar-refractivity contribution >= 4 is 28.4 Å². The molecule has 0 aromatic heterocycles. The molecule has 0 fully saturated rings. The van der Waals surface area contributed by atoms with Gasteiger partial charge in [0.25, 0.3) is 0 Å². The number of hydrogen-bond acceptors (Lipinski definition) is 1. The van der Waals surface area contributed by atoms with Crippen LogP contribution in [-0.4, -0.2) is 12.0 Å². The average molecular weight is 342 g/mol. The van der Waals surface area contributed by atoms with Gasteiger partial charge in [0.2, 0.25) is 0 Å². The molecule has 0 unspecified atom stereocenters. The summed E-state index contributed by atoms with van der Waals surface area (Å²) in [5.41, 5.74) is 1.28. The Morgan fingerprint density at radius 2 is 2.00 bits per heavy atom. The molecule has 1 rings (SSSR count). The first kappa shape index (κ1) is 13.5. The van der Waals surface area contributed by atoms with E-state index in [0.29, 0.717) is 5.56 Å². The van der Waals surface area contributed by atoms with Crippen molar-refractivity contribution in [2.45, 2.75) is 25.9 Å². The lowest BCUT2D eigenvalue weighted by Gasteiger charge is -2.08. The second kappa shape index (κ2) is 5.16. The smallest absolute Gasteiger partial charge is 0.294 e. The number of rotatable bonds is 3. The van der Waals surface area contributed by atoms with Crippen LogP contribution in [0.15, 0.2) is 18.2 Å². The van der Waals surface area contributed by atoms with Crippen LogP contribution in [-0.2, 0) is 0 Å². The summed E-state index contributed by atoms with van der Waals surface area (Å²) in [5, 5.41) is 0. The van der Waals surface area contributed by atoms with Crippen molar-refractivity contribution < 1.29 is 18.0 Å². The van der Waals surface area contributed by atoms with E-state index < -0.39 is 24.8 Å². The van der Waals surface area contributed by atoms with Crippen LogP contribution in [0.2, 0.25) is 0 Å². The van der Waals surface area contributed by atoms with Crippen LogP contribution in [0.25, 0.3) is 0 Å². The highest BCUT2D eigenvalue weighted by molar-refractivity contribution is 14.1. The van der Waals surface area contributed by atoms with Crippen LogP contribution in [0.5, 0.6) is 0 Å². The third-order valence-electron chi connectivity index (χ3n) is 2.13. The van der Waals surface area contributed by atoms with E-state index in [2.05, 4.69) is 0 Å². The van der Waals surface area contributed by atoms with Crippen molar-refractivity contribution in [2.24, 2.45) is 0 Å². The van der Waals surface area contributed by atoms with Gasteiger partial charge < -0.3 is 0 Å².